The van der Waals surface area contributed by atoms with Gasteiger partial charge in [-0.3, -0.25) is 9.69 Å². The van der Waals surface area contributed by atoms with Crippen molar-refractivity contribution in [2.24, 2.45) is 0 Å². The lowest BCUT2D eigenvalue weighted by Crippen LogP contribution is -2.36. The second-order valence-electron chi connectivity index (χ2n) is 5.07. The van der Waals surface area contributed by atoms with E-state index in [1.807, 2.05) is 36.4 Å². The first-order valence-electron chi connectivity index (χ1n) is 6.67. The highest BCUT2D eigenvalue weighted by molar-refractivity contribution is 7.09. The minimum Gasteiger partial charge on any atom is -0.399 e. The molecule has 21 heavy (non-hydrogen) atoms. The number of amides is 1. The number of aromatic nitrogens is 1. The molecule has 0 unspecified atom stereocenters. The molecule has 1 aromatic heterocycles. The number of carbonyl (C=O) groups is 1. The fourth-order valence-corrected chi connectivity index (χ4v) is 2.60. The van der Waals surface area contributed by atoms with Crippen LogP contribution in [0, 0.1) is 6.92 Å². The number of carbonyl (C=O) groups excluding carboxylic acids is 1. The molecule has 2 aromatic rings. The Morgan fingerprint density at radius 1 is 1.29 bits per heavy atom. The topological polar surface area (TPSA) is 62.5 Å². The molecular formula is C15H20N4OS. The lowest BCUT2D eigenvalue weighted by molar-refractivity contribution is -0.119. The van der Waals surface area contributed by atoms with Crippen molar-refractivity contribution in [1.29, 1.82) is 0 Å². The van der Waals surface area contributed by atoms with Crippen LogP contribution in [0.15, 0.2) is 29.6 Å². The summed E-state index contributed by atoms with van der Waals surface area (Å²) >= 11 is 1.62. The number of nitrogens with zero attached hydrogens (tertiary/aromatic N) is 3. The van der Waals surface area contributed by atoms with Crippen LogP contribution in [0.5, 0.6) is 0 Å². The Kier molecular flexibility index (Phi) is 4.93. The van der Waals surface area contributed by atoms with Gasteiger partial charge < -0.3 is 10.6 Å². The largest absolute Gasteiger partial charge is 0.399 e. The minimum atomic E-state index is 0.0363. The van der Waals surface area contributed by atoms with Crippen molar-refractivity contribution in [2.75, 3.05) is 31.3 Å². The Hall–Kier alpha value is -1.92. The summed E-state index contributed by atoms with van der Waals surface area (Å²) in [7, 11) is 3.69. The average Bonchev–Trinajstić information content (AvgIpc) is 2.83. The monoisotopic (exact) mass is 304 g/mol. The third kappa shape index (κ3) is 4.27. The Balaban J connectivity index is 1.92. The molecule has 0 fully saturated rings. The third-order valence-electron chi connectivity index (χ3n) is 3.16. The summed E-state index contributed by atoms with van der Waals surface area (Å²) in [5.74, 6) is 0.0363. The summed E-state index contributed by atoms with van der Waals surface area (Å²) in [5.41, 5.74) is 8.19. The van der Waals surface area contributed by atoms with Gasteiger partial charge in [0.2, 0.25) is 5.91 Å². The van der Waals surface area contributed by atoms with E-state index in [1.165, 1.54) is 0 Å². The maximum atomic E-state index is 12.3. The molecule has 6 heteroatoms. The van der Waals surface area contributed by atoms with Gasteiger partial charge in [-0.05, 0) is 38.2 Å². The molecule has 2 N–H and O–H groups in total. The van der Waals surface area contributed by atoms with Crippen LogP contribution in [0.3, 0.4) is 0 Å². The van der Waals surface area contributed by atoms with Crippen LogP contribution in [0.2, 0.25) is 0 Å². The molecular weight excluding hydrogens is 284 g/mol. The van der Waals surface area contributed by atoms with E-state index in [0.29, 0.717) is 18.8 Å². The normalized spacial score (nSPS) is 10.9. The summed E-state index contributed by atoms with van der Waals surface area (Å²) in [5, 5.41) is 3.07. The molecule has 0 aliphatic rings. The molecule has 0 saturated heterocycles. The molecule has 1 aromatic carbocycles. The van der Waals surface area contributed by atoms with Crippen LogP contribution in [-0.4, -0.2) is 36.4 Å². The highest BCUT2D eigenvalue weighted by Gasteiger charge is 2.14. The highest BCUT2D eigenvalue weighted by atomic mass is 32.1. The molecule has 0 aliphatic heterocycles. The molecule has 5 nitrogen and oxygen atoms in total. The molecule has 0 aliphatic carbocycles. The first-order valence-corrected chi connectivity index (χ1v) is 7.55. The molecule has 2 rings (SSSR count). The molecule has 1 heterocycles. The molecule has 0 saturated carbocycles. The molecule has 0 atom stereocenters. The van der Waals surface area contributed by atoms with Gasteiger partial charge >= 0.3 is 0 Å². The molecule has 0 radical (unpaired) electrons. The SMILES string of the molecule is Cc1nc(CN(C)CC(=O)N(C)c2ccc(N)cc2)cs1. The van der Waals surface area contributed by atoms with Crippen molar-refractivity contribution >= 4 is 28.6 Å². The zero-order chi connectivity index (χ0) is 15.4. The number of hydrogen-bond acceptors (Lipinski definition) is 5. The van der Waals surface area contributed by atoms with Gasteiger partial charge in [0.25, 0.3) is 0 Å². The van der Waals surface area contributed by atoms with E-state index in [0.717, 1.165) is 16.4 Å². The van der Waals surface area contributed by atoms with E-state index in [2.05, 4.69) is 4.98 Å². The number of rotatable bonds is 5. The molecule has 0 bridgehead atoms. The fraction of sp³-hybridized carbons (Fsp3) is 0.333. The van der Waals surface area contributed by atoms with Crippen LogP contribution >= 0.6 is 11.3 Å². The van der Waals surface area contributed by atoms with E-state index in [4.69, 9.17) is 5.73 Å². The van der Waals surface area contributed by atoms with E-state index < -0.39 is 0 Å². The van der Waals surface area contributed by atoms with Gasteiger partial charge in [0.1, 0.15) is 0 Å². The van der Waals surface area contributed by atoms with Crippen molar-refractivity contribution in [1.82, 2.24) is 9.88 Å². The Morgan fingerprint density at radius 2 is 1.95 bits per heavy atom. The number of benzene rings is 1. The van der Waals surface area contributed by atoms with Gasteiger partial charge in [0.05, 0.1) is 17.2 Å². The molecule has 0 spiro atoms. The van der Waals surface area contributed by atoms with Gasteiger partial charge in [-0.2, -0.15) is 0 Å². The Labute approximate surface area is 129 Å². The zero-order valence-corrected chi connectivity index (χ0v) is 13.4. The van der Waals surface area contributed by atoms with Gasteiger partial charge in [0.15, 0.2) is 0 Å². The summed E-state index contributed by atoms with van der Waals surface area (Å²) in [6.45, 7) is 3.00. The van der Waals surface area contributed by atoms with Crippen LogP contribution in [0.1, 0.15) is 10.7 Å². The van der Waals surface area contributed by atoms with Crippen molar-refractivity contribution in [2.45, 2.75) is 13.5 Å². The number of hydrogen-bond donors (Lipinski definition) is 1. The standard InChI is InChI=1S/C15H20N4OS/c1-11-17-13(10-21-11)8-18(2)9-15(20)19(3)14-6-4-12(16)5-7-14/h4-7,10H,8-9,16H2,1-3H3. The summed E-state index contributed by atoms with van der Waals surface area (Å²) in [6, 6.07) is 7.27. The van der Waals surface area contributed by atoms with E-state index in [-0.39, 0.29) is 5.91 Å². The van der Waals surface area contributed by atoms with Crippen LogP contribution < -0.4 is 10.6 Å². The molecule has 112 valence electrons. The second-order valence-corrected chi connectivity index (χ2v) is 6.14. The van der Waals surface area contributed by atoms with E-state index >= 15 is 0 Å². The summed E-state index contributed by atoms with van der Waals surface area (Å²) in [4.78, 5) is 20.3. The highest BCUT2D eigenvalue weighted by Crippen LogP contribution is 2.15. The number of nitrogen functional groups attached to an aromatic ring is 1. The van der Waals surface area contributed by atoms with Crippen molar-refractivity contribution in [3.05, 3.63) is 40.3 Å². The zero-order valence-electron chi connectivity index (χ0n) is 12.5. The van der Waals surface area contributed by atoms with Crippen molar-refractivity contribution in [3.8, 4) is 0 Å². The van der Waals surface area contributed by atoms with Gasteiger partial charge in [-0.25, -0.2) is 4.98 Å². The lowest BCUT2D eigenvalue weighted by atomic mass is 10.2. The smallest absolute Gasteiger partial charge is 0.240 e. The van der Waals surface area contributed by atoms with Gasteiger partial charge in [-0.1, -0.05) is 0 Å². The Bertz CT molecular complexity index is 608. The van der Waals surface area contributed by atoms with Crippen LogP contribution in [-0.2, 0) is 11.3 Å². The Morgan fingerprint density at radius 3 is 2.52 bits per heavy atom. The van der Waals surface area contributed by atoms with Crippen molar-refractivity contribution in [3.63, 3.8) is 0 Å². The van der Waals surface area contributed by atoms with Crippen LogP contribution in [0.25, 0.3) is 0 Å². The van der Waals surface area contributed by atoms with E-state index in [1.54, 1.807) is 35.4 Å². The maximum Gasteiger partial charge on any atom is 0.240 e. The first-order chi connectivity index (χ1) is 9.95. The average molecular weight is 304 g/mol. The maximum absolute atomic E-state index is 12.3. The quantitative estimate of drug-likeness (QED) is 0.860. The minimum absolute atomic E-state index is 0.0363. The first kappa shape index (κ1) is 15.5. The lowest BCUT2D eigenvalue weighted by Gasteiger charge is -2.21. The van der Waals surface area contributed by atoms with Crippen molar-refractivity contribution < 1.29 is 4.79 Å². The van der Waals surface area contributed by atoms with E-state index in [9.17, 15) is 4.79 Å². The predicted molar refractivity (Wildman–Crippen MR) is 87.4 cm³/mol. The number of anilines is 2. The van der Waals surface area contributed by atoms with Gasteiger partial charge in [-0.15, -0.1) is 11.3 Å². The second kappa shape index (κ2) is 6.69. The third-order valence-corrected chi connectivity index (χ3v) is 3.98. The number of nitrogens with two attached hydrogens (primary N) is 1. The number of likely N-dealkylation sites (N-methyl/N-ethyl adjacent to an activating group) is 2. The summed E-state index contributed by atoms with van der Waals surface area (Å²) < 4.78 is 0. The summed E-state index contributed by atoms with van der Waals surface area (Å²) in [6.07, 6.45) is 0. The molecule has 1 amide bonds. The predicted octanol–water partition coefficient (Wildman–Crippen LogP) is 2.13. The number of thiazole rings is 1. The van der Waals surface area contributed by atoms with Gasteiger partial charge in [0, 0.05) is 30.3 Å². The van der Waals surface area contributed by atoms with Crippen LogP contribution in [0.4, 0.5) is 11.4 Å². The fourth-order valence-electron chi connectivity index (χ4n) is 1.99. The number of aryl methyl sites for hydroxylation is 1.